The van der Waals surface area contributed by atoms with Gasteiger partial charge in [0, 0.05) is 17.8 Å². The Morgan fingerprint density at radius 1 is 1.33 bits per heavy atom. The molecule has 0 aliphatic rings. The van der Waals surface area contributed by atoms with Crippen LogP contribution < -0.4 is 4.74 Å². The van der Waals surface area contributed by atoms with Crippen LogP contribution >= 0.6 is 0 Å². The van der Waals surface area contributed by atoms with Crippen molar-refractivity contribution in [1.82, 2.24) is 9.78 Å². The Hall–Kier alpha value is -2.56. The molecule has 0 radical (unpaired) electrons. The van der Waals surface area contributed by atoms with Crippen molar-refractivity contribution in [3.8, 4) is 5.75 Å². The number of carbonyl (C=O) groups excluding carboxylic acids is 1. The van der Waals surface area contributed by atoms with Crippen molar-refractivity contribution in [2.45, 2.75) is 13.5 Å². The van der Waals surface area contributed by atoms with Gasteiger partial charge in [-0.15, -0.1) is 0 Å². The molecule has 0 fully saturated rings. The van der Waals surface area contributed by atoms with Crippen molar-refractivity contribution < 1.29 is 14.3 Å². The zero-order chi connectivity index (χ0) is 15.1. The predicted molar refractivity (Wildman–Crippen MR) is 80.0 cm³/mol. The molecule has 0 N–H and O–H groups in total. The number of aromatic nitrogens is 2. The van der Waals surface area contributed by atoms with E-state index >= 15 is 0 Å². The summed E-state index contributed by atoms with van der Waals surface area (Å²) in [6.07, 6.45) is 6.67. The fraction of sp³-hybridized carbons (Fsp3) is 0.250. The van der Waals surface area contributed by atoms with Gasteiger partial charge >= 0.3 is 5.97 Å². The van der Waals surface area contributed by atoms with Gasteiger partial charge in [-0.1, -0.05) is 12.1 Å². The van der Waals surface area contributed by atoms with E-state index in [1.165, 1.54) is 6.08 Å². The van der Waals surface area contributed by atoms with Gasteiger partial charge < -0.3 is 9.47 Å². The van der Waals surface area contributed by atoms with Crippen molar-refractivity contribution in [3.63, 3.8) is 0 Å². The highest BCUT2D eigenvalue weighted by molar-refractivity contribution is 5.86. The third kappa shape index (κ3) is 4.49. The first-order chi connectivity index (χ1) is 10.2. The summed E-state index contributed by atoms with van der Waals surface area (Å²) in [6.45, 7) is 2.82. The van der Waals surface area contributed by atoms with E-state index in [1.54, 1.807) is 26.3 Å². The second-order valence-corrected chi connectivity index (χ2v) is 4.40. The molecular formula is C16H18N2O3. The Bertz CT molecular complexity index is 615. The predicted octanol–water partition coefficient (Wildman–Crippen LogP) is 2.52. The highest BCUT2D eigenvalue weighted by Gasteiger charge is 2.00. The van der Waals surface area contributed by atoms with Crippen LogP contribution in [-0.2, 0) is 16.1 Å². The number of rotatable bonds is 6. The van der Waals surface area contributed by atoms with Crippen LogP contribution in [0.5, 0.6) is 5.75 Å². The minimum atomic E-state index is -0.347. The third-order valence-corrected chi connectivity index (χ3v) is 2.86. The minimum Gasteiger partial charge on any atom is -0.497 e. The molecule has 21 heavy (non-hydrogen) atoms. The maximum absolute atomic E-state index is 11.2. The highest BCUT2D eigenvalue weighted by Crippen LogP contribution is 2.12. The van der Waals surface area contributed by atoms with Crippen LogP contribution in [-0.4, -0.2) is 29.5 Å². The molecule has 0 saturated carbocycles. The number of hydrogen-bond acceptors (Lipinski definition) is 4. The first-order valence-corrected chi connectivity index (χ1v) is 6.71. The SMILES string of the molecule is CCOC(=O)C=Cc1cnn(Cc2ccc(OC)cc2)c1. The molecule has 0 atom stereocenters. The number of benzene rings is 1. The first kappa shape index (κ1) is 14.8. The Morgan fingerprint density at radius 2 is 2.10 bits per heavy atom. The third-order valence-electron chi connectivity index (χ3n) is 2.86. The van der Waals surface area contributed by atoms with Crippen LogP contribution in [0.25, 0.3) is 6.08 Å². The topological polar surface area (TPSA) is 53.3 Å². The van der Waals surface area contributed by atoms with E-state index in [9.17, 15) is 4.79 Å². The lowest BCUT2D eigenvalue weighted by Crippen LogP contribution is -1.99. The Labute approximate surface area is 123 Å². The summed E-state index contributed by atoms with van der Waals surface area (Å²) in [4.78, 5) is 11.2. The standard InChI is InChI=1S/C16H18N2O3/c1-3-21-16(19)9-6-14-10-17-18(12-14)11-13-4-7-15(20-2)8-5-13/h4-10,12H,3,11H2,1-2H3. The van der Waals surface area contributed by atoms with Gasteiger partial charge in [0.05, 0.1) is 26.5 Å². The van der Waals surface area contributed by atoms with Crippen LogP contribution in [0.3, 0.4) is 0 Å². The maximum Gasteiger partial charge on any atom is 0.330 e. The fourth-order valence-corrected chi connectivity index (χ4v) is 1.82. The van der Waals surface area contributed by atoms with Crippen molar-refractivity contribution in [2.75, 3.05) is 13.7 Å². The molecule has 0 saturated heterocycles. The number of methoxy groups -OCH3 is 1. The second kappa shape index (κ2) is 7.28. The van der Waals surface area contributed by atoms with E-state index in [0.717, 1.165) is 16.9 Å². The summed E-state index contributed by atoms with van der Waals surface area (Å²) in [5.41, 5.74) is 1.98. The summed E-state index contributed by atoms with van der Waals surface area (Å²) in [7, 11) is 1.64. The molecule has 5 heteroatoms. The van der Waals surface area contributed by atoms with Crippen LogP contribution in [0.15, 0.2) is 42.7 Å². The van der Waals surface area contributed by atoms with Gasteiger partial charge in [0.2, 0.25) is 0 Å². The number of carbonyl (C=O) groups is 1. The van der Waals surface area contributed by atoms with Crippen LogP contribution in [0.4, 0.5) is 0 Å². The van der Waals surface area contributed by atoms with E-state index < -0.39 is 0 Å². The zero-order valence-corrected chi connectivity index (χ0v) is 12.2. The van der Waals surface area contributed by atoms with E-state index in [-0.39, 0.29) is 5.97 Å². The van der Waals surface area contributed by atoms with Gasteiger partial charge in [-0.25, -0.2) is 4.79 Å². The summed E-state index contributed by atoms with van der Waals surface area (Å²) in [5.74, 6) is 0.484. The first-order valence-electron chi connectivity index (χ1n) is 6.71. The number of hydrogen-bond donors (Lipinski definition) is 0. The molecule has 2 aromatic rings. The van der Waals surface area contributed by atoms with Crippen LogP contribution in [0.2, 0.25) is 0 Å². The summed E-state index contributed by atoms with van der Waals surface area (Å²) in [5, 5.41) is 4.26. The molecule has 0 aliphatic carbocycles. The van der Waals surface area contributed by atoms with E-state index in [0.29, 0.717) is 13.2 Å². The van der Waals surface area contributed by atoms with Crippen LogP contribution in [0, 0.1) is 0 Å². The molecule has 0 bridgehead atoms. The average Bonchev–Trinajstić information content (AvgIpc) is 2.94. The number of esters is 1. The summed E-state index contributed by atoms with van der Waals surface area (Å²) < 4.78 is 11.8. The smallest absolute Gasteiger partial charge is 0.330 e. The molecule has 110 valence electrons. The summed E-state index contributed by atoms with van der Waals surface area (Å²) >= 11 is 0. The van der Waals surface area contributed by atoms with Gasteiger partial charge in [0.1, 0.15) is 5.75 Å². The lowest BCUT2D eigenvalue weighted by molar-refractivity contribution is -0.137. The van der Waals surface area contributed by atoms with Gasteiger partial charge in [0.15, 0.2) is 0 Å². The van der Waals surface area contributed by atoms with Gasteiger partial charge in [-0.2, -0.15) is 5.10 Å². The van der Waals surface area contributed by atoms with Crippen molar-refractivity contribution >= 4 is 12.0 Å². The van der Waals surface area contributed by atoms with Crippen molar-refractivity contribution in [3.05, 3.63) is 53.9 Å². The quantitative estimate of drug-likeness (QED) is 0.605. The van der Waals surface area contributed by atoms with Gasteiger partial charge in [-0.05, 0) is 30.7 Å². The summed E-state index contributed by atoms with van der Waals surface area (Å²) in [6, 6.07) is 7.82. The Morgan fingerprint density at radius 3 is 2.76 bits per heavy atom. The monoisotopic (exact) mass is 286 g/mol. The molecule has 1 heterocycles. The second-order valence-electron chi connectivity index (χ2n) is 4.40. The molecule has 0 spiro atoms. The molecular weight excluding hydrogens is 268 g/mol. The van der Waals surface area contributed by atoms with E-state index in [2.05, 4.69) is 5.10 Å². The lowest BCUT2D eigenvalue weighted by atomic mass is 10.2. The zero-order valence-electron chi connectivity index (χ0n) is 12.2. The molecule has 0 aliphatic heterocycles. The number of nitrogens with zero attached hydrogens (tertiary/aromatic N) is 2. The highest BCUT2D eigenvalue weighted by atomic mass is 16.5. The molecule has 2 rings (SSSR count). The molecule has 1 aromatic heterocycles. The fourth-order valence-electron chi connectivity index (χ4n) is 1.82. The van der Waals surface area contributed by atoms with Gasteiger partial charge in [0.25, 0.3) is 0 Å². The minimum absolute atomic E-state index is 0.347. The van der Waals surface area contributed by atoms with E-state index in [4.69, 9.17) is 9.47 Å². The molecule has 0 amide bonds. The Kier molecular flexibility index (Phi) is 5.15. The van der Waals surface area contributed by atoms with E-state index in [1.807, 2.05) is 35.1 Å². The normalized spacial score (nSPS) is 10.8. The average molecular weight is 286 g/mol. The van der Waals surface area contributed by atoms with Crippen LogP contribution in [0.1, 0.15) is 18.1 Å². The van der Waals surface area contributed by atoms with Gasteiger partial charge in [-0.3, -0.25) is 4.68 Å². The van der Waals surface area contributed by atoms with Crippen molar-refractivity contribution in [2.24, 2.45) is 0 Å². The lowest BCUT2D eigenvalue weighted by Gasteiger charge is -2.03. The molecule has 1 aromatic carbocycles. The van der Waals surface area contributed by atoms with Crippen molar-refractivity contribution in [1.29, 1.82) is 0 Å². The molecule has 0 unspecified atom stereocenters. The molecule has 5 nitrogen and oxygen atoms in total. The Balaban J connectivity index is 1.97. The largest absolute Gasteiger partial charge is 0.497 e. The number of ether oxygens (including phenoxy) is 2. The maximum atomic E-state index is 11.2.